The third-order valence-corrected chi connectivity index (χ3v) is 4.27. The van der Waals surface area contributed by atoms with E-state index in [1.165, 1.54) is 0 Å². The number of benzene rings is 1. The molecule has 1 aromatic rings. The molecule has 1 aliphatic heterocycles. The van der Waals surface area contributed by atoms with Gasteiger partial charge in [0, 0.05) is 38.8 Å². The second kappa shape index (κ2) is 7.92. The lowest BCUT2D eigenvalue weighted by molar-refractivity contribution is -0.142. The molecule has 1 aromatic carbocycles. The van der Waals surface area contributed by atoms with Gasteiger partial charge in [-0.2, -0.15) is 26.3 Å². The van der Waals surface area contributed by atoms with Gasteiger partial charge < -0.3 is 10.4 Å². The summed E-state index contributed by atoms with van der Waals surface area (Å²) in [4.78, 5) is 1.75. The minimum atomic E-state index is -4.75. The zero-order chi connectivity index (χ0) is 18.7. The van der Waals surface area contributed by atoms with Crippen LogP contribution in [0.5, 0.6) is 0 Å². The molecule has 1 heterocycles. The first-order chi connectivity index (χ1) is 11.6. The Bertz CT molecular complexity index is 567. The summed E-state index contributed by atoms with van der Waals surface area (Å²) in [6.07, 6.45) is -9.10. The summed E-state index contributed by atoms with van der Waals surface area (Å²) in [6, 6.07) is 0.750. The summed E-state index contributed by atoms with van der Waals surface area (Å²) >= 11 is 0. The number of hydrogen-bond acceptors (Lipinski definition) is 3. The smallest absolute Gasteiger partial charge is 0.396 e. The van der Waals surface area contributed by atoms with Crippen molar-refractivity contribution >= 4 is 0 Å². The van der Waals surface area contributed by atoms with Gasteiger partial charge in [0.15, 0.2) is 0 Å². The van der Waals surface area contributed by atoms with Crippen LogP contribution in [0.2, 0.25) is 0 Å². The van der Waals surface area contributed by atoms with Gasteiger partial charge in [-0.3, -0.25) is 4.90 Å². The first kappa shape index (κ1) is 20.0. The molecular formula is C16H20F6N2O. The van der Waals surface area contributed by atoms with Crippen molar-refractivity contribution in [1.82, 2.24) is 10.2 Å². The fourth-order valence-electron chi connectivity index (χ4n) is 3.09. The summed E-state index contributed by atoms with van der Waals surface area (Å²) in [5.41, 5.74) is -2.53. The highest BCUT2D eigenvalue weighted by atomic mass is 19.4. The van der Waals surface area contributed by atoms with Crippen molar-refractivity contribution in [3.63, 3.8) is 0 Å². The summed E-state index contributed by atoms with van der Waals surface area (Å²) in [5, 5.41) is 12.1. The maximum atomic E-state index is 13.4. The minimum absolute atomic E-state index is 0.154. The van der Waals surface area contributed by atoms with Crippen molar-refractivity contribution in [3.8, 4) is 0 Å². The van der Waals surface area contributed by atoms with Crippen LogP contribution < -0.4 is 5.32 Å². The van der Waals surface area contributed by atoms with Crippen molar-refractivity contribution in [2.24, 2.45) is 0 Å². The second-order valence-electron chi connectivity index (χ2n) is 5.97. The largest absolute Gasteiger partial charge is 0.416 e. The Hall–Kier alpha value is -1.32. The fraction of sp³-hybridized carbons (Fsp3) is 0.625. The van der Waals surface area contributed by atoms with Crippen molar-refractivity contribution in [1.29, 1.82) is 0 Å². The predicted molar refractivity (Wildman–Crippen MR) is 79.9 cm³/mol. The van der Waals surface area contributed by atoms with Crippen molar-refractivity contribution < 1.29 is 31.4 Å². The topological polar surface area (TPSA) is 35.5 Å². The summed E-state index contributed by atoms with van der Waals surface area (Å²) in [7, 11) is 0. The third kappa shape index (κ3) is 5.08. The Labute approximate surface area is 141 Å². The van der Waals surface area contributed by atoms with Crippen LogP contribution in [0.4, 0.5) is 26.3 Å². The molecule has 0 radical (unpaired) electrons. The van der Waals surface area contributed by atoms with E-state index < -0.39 is 29.5 Å². The molecule has 0 aliphatic carbocycles. The fourth-order valence-corrected chi connectivity index (χ4v) is 3.09. The Morgan fingerprint density at radius 2 is 1.68 bits per heavy atom. The number of hydrogen-bond donors (Lipinski definition) is 2. The molecule has 9 heteroatoms. The van der Waals surface area contributed by atoms with Crippen LogP contribution in [0, 0.1) is 0 Å². The molecule has 0 bridgehead atoms. The SMILES string of the molecule is OCCC[C@@H](c1cc(C(F)(F)F)ccc1C(F)(F)F)N1CCNCC1. The van der Waals surface area contributed by atoms with E-state index in [2.05, 4.69) is 5.32 Å². The number of rotatable bonds is 5. The molecule has 2 N–H and O–H groups in total. The van der Waals surface area contributed by atoms with Crippen LogP contribution in [-0.4, -0.2) is 42.8 Å². The van der Waals surface area contributed by atoms with E-state index in [9.17, 15) is 26.3 Å². The van der Waals surface area contributed by atoms with Crippen molar-refractivity contribution in [2.45, 2.75) is 31.2 Å². The van der Waals surface area contributed by atoms with E-state index in [-0.39, 0.29) is 25.0 Å². The molecule has 0 unspecified atom stereocenters. The molecule has 0 amide bonds. The maximum absolute atomic E-state index is 13.4. The number of nitrogens with one attached hydrogen (secondary N) is 1. The molecule has 0 spiro atoms. The van der Waals surface area contributed by atoms with Gasteiger partial charge in [0.05, 0.1) is 11.1 Å². The van der Waals surface area contributed by atoms with Crippen LogP contribution in [-0.2, 0) is 12.4 Å². The highest BCUT2D eigenvalue weighted by Gasteiger charge is 2.39. The molecule has 0 aromatic heterocycles. The number of nitrogens with zero attached hydrogens (tertiary/aromatic N) is 1. The molecule has 0 saturated carbocycles. The van der Waals surface area contributed by atoms with Gasteiger partial charge in [0.25, 0.3) is 0 Å². The van der Waals surface area contributed by atoms with Crippen LogP contribution >= 0.6 is 0 Å². The lowest BCUT2D eigenvalue weighted by atomic mass is 9.92. The van der Waals surface area contributed by atoms with Crippen LogP contribution in [0.1, 0.15) is 35.6 Å². The Morgan fingerprint density at radius 3 is 2.20 bits per heavy atom. The number of alkyl halides is 6. The summed E-state index contributed by atoms with van der Waals surface area (Å²) in [6.45, 7) is 1.74. The molecule has 3 nitrogen and oxygen atoms in total. The van der Waals surface area contributed by atoms with E-state index >= 15 is 0 Å². The lowest BCUT2D eigenvalue weighted by Gasteiger charge is -2.36. The number of aliphatic hydroxyl groups excluding tert-OH is 1. The molecule has 2 rings (SSSR count). The van der Waals surface area contributed by atoms with Crippen molar-refractivity contribution in [2.75, 3.05) is 32.8 Å². The minimum Gasteiger partial charge on any atom is -0.396 e. The van der Waals surface area contributed by atoms with E-state index in [0.29, 0.717) is 44.4 Å². The number of aliphatic hydroxyl groups is 1. The Morgan fingerprint density at radius 1 is 1.04 bits per heavy atom. The van der Waals surface area contributed by atoms with Gasteiger partial charge in [-0.1, -0.05) is 0 Å². The highest BCUT2D eigenvalue weighted by molar-refractivity contribution is 5.37. The van der Waals surface area contributed by atoms with Gasteiger partial charge >= 0.3 is 12.4 Å². The quantitative estimate of drug-likeness (QED) is 0.780. The lowest BCUT2D eigenvalue weighted by Crippen LogP contribution is -2.45. The van der Waals surface area contributed by atoms with Crippen LogP contribution in [0.25, 0.3) is 0 Å². The van der Waals surface area contributed by atoms with E-state index in [0.717, 1.165) is 0 Å². The van der Waals surface area contributed by atoms with Gasteiger partial charge in [-0.25, -0.2) is 0 Å². The molecule has 142 valence electrons. The van der Waals surface area contributed by atoms with E-state index in [4.69, 9.17) is 5.11 Å². The van der Waals surface area contributed by atoms with Gasteiger partial charge in [-0.15, -0.1) is 0 Å². The average molecular weight is 370 g/mol. The summed E-state index contributed by atoms with van der Waals surface area (Å²) < 4.78 is 79.1. The van der Waals surface area contributed by atoms with Crippen LogP contribution in [0.3, 0.4) is 0 Å². The standard InChI is InChI=1S/C16H20F6N2O/c17-15(18,19)11-3-4-13(16(20,21)22)12(10-11)14(2-1-9-25)24-7-5-23-6-8-24/h3-4,10,14,23,25H,1-2,5-9H2/t14-/m0/s1. The van der Waals surface area contributed by atoms with E-state index in [1.807, 2.05) is 0 Å². The third-order valence-electron chi connectivity index (χ3n) is 4.27. The summed E-state index contributed by atoms with van der Waals surface area (Å²) in [5.74, 6) is 0. The Kier molecular flexibility index (Phi) is 6.34. The molecule has 1 saturated heterocycles. The predicted octanol–water partition coefficient (Wildman–Crippen LogP) is 3.44. The van der Waals surface area contributed by atoms with Crippen LogP contribution in [0.15, 0.2) is 18.2 Å². The molecule has 1 aliphatic rings. The van der Waals surface area contributed by atoms with E-state index in [1.54, 1.807) is 4.90 Å². The zero-order valence-electron chi connectivity index (χ0n) is 13.4. The first-order valence-electron chi connectivity index (χ1n) is 7.98. The molecule has 1 atom stereocenters. The number of halogens is 6. The first-order valence-corrected chi connectivity index (χ1v) is 7.98. The highest BCUT2D eigenvalue weighted by Crippen LogP contribution is 2.41. The maximum Gasteiger partial charge on any atom is 0.416 e. The Balaban J connectivity index is 2.51. The van der Waals surface area contributed by atoms with Gasteiger partial charge in [0.1, 0.15) is 0 Å². The van der Waals surface area contributed by atoms with Gasteiger partial charge in [0.2, 0.25) is 0 Å². The zero-order valence-corrected chi connectivity index (χ0v) is 13.4. The molecule has 1 fully saturated rings. The number of piperazine rings is 1. The monoisotopic (exact) mass is 370 g/mol. The second-order valence-corrected chi connectivity index (χ2v) is 5.97. The average Bonchev–Trinajstić information content (AvgIpc) is 2.54. The van der Waals surface area contributed by atoms with Crippen molar-refractivity contribution in [3.05, 3.63) is 34.9 Å². The normalized spacial score (nSPS) is 18.4. The van der Waals surface area contributed by atoms with Gasteiger partial charge in [-0.05, 0) is 36.6 Å². The molecule has 25 heavy (non-hydrogen) atoms. The molecular weight excluding hydrogens is 350 g/mol.